The quantitative estimate of drug-likeness (QED) is 0.388. The van der Waals surface area contributed by atoms with Gasteiger partial charge in [0.2, 0.25) is 0 Å². The van der Waals surface area contributed by atoms with Crippen LogP contribution < -0.4 is 0 Å². The molecule has 1 aliphatic carbocycles. The largest absolute Gasteiger partial charge is 0.381 e. The average molecular weight is 375 g/mol. The van der Waals surface area contributed by atoms with E-state index in [0.29, 0.717) is 18.3 Å². The van der Waals surface area contributed by atoms with E-state index in [4.69, 9.17) is 19.2 Å². The predicted octanol–water partition coefficient (Wildman–Crippen LogP) is 3.56. The molecule has 0 aromatic heterocycles. The first-order chi connectivity index (χ1) is 12.9. The molecule has 150 valence electrons. The fraction of sp³-hybridized carbons (Fsp3) is 0.682. The molecule has 5 nitrogen and oxygen atoms in total. The van der Waals surface area contributed by atoms with Gasteiger partial charge in [0.05, 0.1) is 24.0 Å². The summed E-state index contributed by atoms with van der Waals surface area (Å²) in [5.74, 6) is 7.11. The van der Waals surface area contributed by atoms with Crippen molar-refractivity contribution in [2.45, 2.75) is 70.4 Å². The average Bonchev–Trinajstić information content (AvgIpc) is 2.63. The van der Waals surface area contributed by atoms with Crippen molar-refractivity contribution in [3.05, 3.63) is 24.6 Å². The van der Waals surface area contributed by atoms with Crippen LogP contribution in [0.5, 0.6) is 0 Å². The Morgan fingerprint density at radius 3 is 2.37 bits per heavy atom. The fourth-order valence-electron chi connectivity index (χ4n) is 3.12. The van der Waals surface area contributed by atoms with Gasteiger partial charge in [0.1, 0.15) is 11.4 Å². The summed E-state index contributed by atoms with van der Waals surface area (Å²) < 4.78 is 16.9. The SMILES string of the molecule is C=C/C=C(\N=C(C)C#CC(C)(C)OC)N1CCC(OC2CC(OC)C2)CC1. The number of piperidine rings is 1. The molecule has 0 unspecified atom stereocenters. The zero-order chi connectivity index (χ0) is 19.9. The minimum Gasteiger partial charge on any atom is -0.381 e. The van der Waals surface area contributed by atoms with Crippen molar-refractivity contribution < 1.29 is 14.2 Å². The van der Waals surface area contributed by atoms with Gasteiger partial charge < -0.3 is 19.1 Å². The van der Waals surface area contributed by atoms with Crippen LogP contribution in [0.1, 0.15) is 46.5 Å². The molecule has 1 heterocycles. The Kier molecular flexibility index (Phi) is 8.09. The normalized spacial score (nSPS) is 24.9. The number of aliphatic imine (C=N–C) groups is 1. The second kappa shape index (κ2) is 10.1. The third kappa shape index (κ3) is 6.80. The number of hydrogen-bond donors (Lipinski definition) is 0. The number of methoxy groups -OCH3 is 2. The fourth-order valence-corrected chi connectivity index (χ4v) is 3.12. The second-order valence-corrected chi connectivity index (χ2v) is 7.70. The molecule has 2 aliphatic rings. The predicted molar refractivity (Wildman–Crippen MR) is 110 cm³/mol. The lowest BCUT2D eigenvalue weighted by Crippen LogP contribution is -2.43. The number of allylic oxidation sites excluding steroid dienone is 2. The maximum absolute atomic E-state index is 6.20. The van der Waals surface area contributed by atoms with E-state index in [0.717, 1.165) is 50.3 Å². The summed E-state index contributed by atoms with van der Waals surface area (Å²) in [6.07, 6.45) is 8.90. The summed E-state index contributed by atoms with van der Waals surface area (Å²) in [6.45, 7) is 11.5. The third-order valence-electron chi connectivity index (χ3n) is 5.14. The smallest absolute Gasteiger partial charge is 0.129 e. The standard InChI is InChI=1S/C22H34N2O3/c1-7-8-21(23-17(2)9-12-22(3,4)26-6)24-13-10-18(11-14-24)27-20-15-19(16-20)25-5/h7-8,18-20H,1,10-11,13-16H2,2-6H3/b21-8+,23-17?. The van der Waals surface area contributed by atoms with E-state index in [1.54, 1.807) is 20.3 Å². The summed E-state index contributed by atoms with van der Waals surface area (Å²) in [5.41, 5.74) is 0.296. The van der Waals surface area contributed by atoms with Gasteiger partial charge in [-0.3, -0.25) is 0 Å². The Balaban J connectivity index is 1.90. The Hall–Kier alpha value is -1.61. The van der Waals surface area contributed by atoms with Crippen molar-refractivity contribution in [3.8, 4) is 11.8 Å². The highest BCUT2D eigenvalue weighted by atomic mass is 16.5. The van der Waals surface area contributed by atoms with E-state index in [2.05, 4.69) is 23.3 Å². The molecule has 0 aromatic carbocycles. The summed E-state index contributed by atoms with van der Waals surface area (Å²) in [5, 5.41) is 0. The molecule has 0 atom stereocenters. The van der Waals surface area contributed by atoms with E-state index in [-0.39, 0.29) is 0 Å². The molecule has 0 spiro atoms. The van der Waals surface area contributed by atoms with Gasteiger partial charge in [0.25, 0.3) is 0 Å². The Morgan fingerprint density at radius 1 is 1.15 bits per heavy atom. The molecule has 1 saturated carbocycles. The van der Waals surface area contributed by atoms with Crippen molar-refractivity contribution in [3.63, 3.8) is 0 Å². The maximum Gasteiger partial charge on any atom is 0.129 e. The van der Waals surface area contributed by atoms with Crippen LogP contribution in [0, 0.1) is 11.8 Å². The zero-order valence-electron chi connectivity index (χ0n) is 17.5. The van der Waals surface area contributed by atoms with Gasteiger partial charge >= 0.3 is 0 Å². The molecule has 0 radical (unpaired) electrons. The van der Waals surface area contributed by atoms with E-state index in [9.17, 15) is 0 Å². The van der Waals surface area contributed by atoms with Crippen LogP contribution in [0.2, 0.25) is 0 Å². The third-order valence-corrected chi connectivity index (χ3v) is 5.14. The molecule has 0 amide bonds. The summed E-state index contributed by atoms with van der Waals surface area (Å²) >= 11 is 0. The molecule has 0 bridgehead atoms. The summed E-state index contributed by atoms with van der Waals surface area (Å²) in [7, 11) is 3.44. The van der Waals surface area contributed by atoms with Crippen molar-refractivity contribution >= 4 is 5.71 Å². The molecule has 5 heteroatoms. The zero-order valence-corrected chi connectivity index (χ0v) is 17.5. The van der Waals surface area contributed by atoms with Crippen LogP contribution in [0.25, 0.3) is 0 Å². The van der Waals surface area contributed by atoms with Gasteiger partial charge in [-0.1, -0.05) is 18.6 Å². The molecule has 0 N–H and O–H groups in total. The van der Waals surface area contributed by atoms with Crippen LogP contribution in [-0.2, 0) is 14.2 Å². The monoisotopic (exact) mass is 374 g/mol. The number of rotatable bonds is 7. The van der Waals surface area contributed by atoms with Crippen molar-refractivity contribution in [1.29, 1.82) is 0 Å². The Bertz CT molecular complexity index is 613. The lowest BCUT2D eigenvalue weighted by Gasteiger charge is -2.39. The lowest BCUT2D eigenvalue weighted by molar-refractivity contribution is -0.125. The molecule has 27 heavy (non-hydrogen) atoms. The highest BCUT2D eigenvalue weighted by Crippen LogP contribution is 2.29. The van der Waals surface area contributed by atoms with Crippen molar-refractivity contribution in [2.75, 3.05) is 27.3 Å². The van der Waals surface area contributed by atoms with Gasteiger partial charge in [-0.05, 0) is 58.5 Å². The van der Waals surface area contributed by atoms with Crippen LogP contribution in [0.4, 0.5) is 0 Å². The number of ether oxygens (including phenoxy) is 3. The Labute approximate surface area is 164 Å². The van der Waals surface area contributed by atoms with Gasteiger partial charge in [-0.2, -0.15) is 0 Å². The molecule has 0 aromatic rings. The van der Waals surface area contributed by atoms with Crippen molar-refractivity contribution in [1.82, 2.24) is 4.90 Å². The summed E-state index contributed by atoms with van der Waals surface area (Å²) in [4.78, 5) is 6.99. The van der Waals surface area contributed by atoms with Crippen LogP contribution in [0.15, 0.2) is 29.5 Å². The second-order valence-electron chi connectivity index (χ2n) is 7.70. The first-order valence-corrected chi connectivity index (χ1v) is 9.76. The highest BCUT2D eigenvalue weighted by Gasteiger charge is 2.33. The van der Waals surface area contributed by atoms with Gasteiger partial charge in [-0.25, -0.2) is 4.99 Å². The number of nitrogens with zero attached hydrogens (tertiary/aromatic N) is 2. The van der Waals surface area contributed by atoms with Gasteiger partial charge in [0, 0.05) is 27.3 Å². The van der Waals surface area contributed by atoms with Crippen LogP contribution in [0.3, 0.4) is 0 Å². The maximum atomic E-state index is 6.20. The van der Waals surface area contributed by atoms with E-state index in [1.807, 2.05) is 26.8 Å². The van der Waals surface area contributed by atoms with E-state index < -0.39 is 5.60 Å². The summed E-state index contributed by atoms with van der Waals surface area (Å²) in [6, 6.07) is 0. The molecular weight excluding hydrogens is 340 g/mol. The lowest BCUT2D eigenvalue weighted by atomic mass is 9.91. The van der Waals surface area contributed by atoms with Gasteiger partial charge in [0.15, 0.2) is 0 Å². The van der Waals surface area contributed by atoms with Crippen molar-refractivity contribution in [2.24, 2.45) is 4.99 Å². The van der Waals surface area contributed by atoms with Gasteiger partial charge in [-0.15, -0.1) is 0 Å². The molecule has 2 rings (SSSR count). The topological polar surface area (TPSA) is 43.3 Å². The Morgan fingerprint density at radius 2 is 1.81 bits per heavy atom. The minimum absolute atomic E-state index is 0.335. The van der Waals surface area contributed by atoms with Crippen LogP contribution in [-0.4, -0.2) is 61.8 Å². The number of hydrogen-bond acceptors (Lipinski definition) is 5. The molecular formula is C22H34N2O3. The molecule has 2 fully saturated rings. The highest BCUT2D eigenvalue weighted by molar-refractivity contribution is 5.99. The van der Waals surface area contributed by atoms with E-state index >= 15 is 0 Å². The first kappa shape index (κ1) is 21.7. The molecule has 1 saturated heterocycles. The minimum atomic E-state index is -0.474. The number of likely N-dealkylation sites (tertiary alicyclic amines) is 1. The van der Waals surface area contributed by atoms with Crippen LogP contribution >= 0.6 is 0 Å². The van der Waals surface area contributed by atoms with E-state index in [1.165, 1.54) is 0 Å². The first-order valence-electron chi connectivity index (χ1n) is 9.76. The molecule has 1 aliphatic heterocycles.